The van der Waals surface area contributed by atoms with Crippen LogP contribution in [0.2, 0.25) is 0 Å². The van der Waals surface area contributed by atoms with Crippen molar-refractivity contribution < 1.29 is 77.2 Å². The van der Waals surface area contributed by atoms with Gasteiger partial charge in [0.1, 0.15) is 0 Å². The summed E-state index contributed by atoms with van der Waals surface area (Å²) in [6.07, 6.45) is -26.6. The minimum atomic E-state index is -6.30. The third kappa shape index (κ3) is 24.8. The summed E-state index contributed by atoms with van der Waals surface area (Å²) in [5.74, 6) is 0. The molecule has 0 saturated carbocycles. The maximum absolute atomic E-state index is 12.8. The van der Waals surface area contributed by atoms with Gasteiger partial charge in [0.05, 0.1) is 19.6 Å². The molecule has 0 heterocycles. The van der Waals surface area contributed by atoms with E-state index in [1.165, 1.54) is 6.92 Å². The number of halogens is 10. The molecule has 7 nitrogen and oxygen atoms in total. The Labute approximate surface area is 193 Å². The monoisotopic (exact) mass is 542 g/mol. The highest BCUT2D eigenvalue weighted by molar-refractivity contribution is 5.57. The minimum Gasteiger partial charge on any atom is -0.468 e. The fourth-order valence-corrected chi connectivity index (χ4v) is 0.939. The Balaban J connectivity index is -0.0000000836. The molecule has 0 aliphatic rings. The molecule has 0 unspecified atom stereocenters. The quantitative estimate of drug-likeness (QED) is 0.0819. The molecule has 0 atom stereocenters. The van der Waals surface area contributed by atoms with Crippen LogP contribution in [0.3, 0.4) is 0 Å². The van der Waals surface area contributed by atoms with Gasteiger partial charge in [-0.3, -0.25) is 9.53 Å². The third-order valence-electron chi connectivity index (χ3n) is 1.92. The highest BCUT2D eigenvalue weighted by Crippen LogP contribution is 2.43. The van der Waals surface area contributed by atoms with E-state index in [0.29, 0.717) is 0 Å². The molecular formula is C17H36F10O7. The molecule has 0 saturated heterocycles. The molecule has 0 aromatic heterocycles. The van der Waals surface area contributed by atoms with Gasteiger partial charge in [-0.1, -0.05) is 44.6 Å². The third-order valence-corrected chi connectivity index (χ3v) is 1.92. The van der Waals surface area contributed by atoms with Gasteiger partial charge < -0.3 is 9.47 Å². The van der Waals surface area contributed by atoms with Crippen molar-refractivity contribution >= 4 is 12.7 Å². The summed E-state index contributed by atoms with van der Waals surface area (Å²) in [6, 6.07) is 0. The summed E-state index contributed by atoms with van der Waals surface area (Å²) in [7, 11) is 0. The zero-order valence-corrected chi connectivity index (χ0v) is 13.5. The molecule has 216 valence electrons. The Morgan fingerprint density at radius 3 is 1.53 bits per heavy atom. The minimum absolute atomic E-state index is 0. The van der Waals surface area contributed by atoms with Gasteiger partial charge in [0.15, 0.2) is 6.86 Å². The van der Waals surface area contributed by atoms with Crippen molar-refractivity contribution in [1.82, 2.24) is 0 Å². The topological polar surface area (TPSA) is 80.3 Å². The molecule has 0 aromatic carbocycles. The summed E-state index contributed by atoms with van der Waals surface area (Å²) >= 11 is 0. The largest absolute Gasteiger partial charge is 0.495 e. The standard InChI is InChI=1S/C8H7F9O5.C3H5FO2.6CH4/c9-3-20-8(16,17)22-7(14,15)6(12,13)21-5(10,11)1-2-19-4-18;1-2-6-3(4)5;;;;;;/h4H,1-3H2;2H2,1H3;6*1H4. The van der Waals surface area contributed by atoms with Crippen LogP contribution in [-0.2, 0) is 28.5 Å². The van der Waals surface area contributed by atoms with Crippen LogP contribution in [0.4, 0.5) is 48.7 Å². The molecule has 0 fully saturated rings. The lowest BCUT2D eigenvalue weighted by Crippen LogP contribution is -2.52. The Bertz CT molecular complexity index is 482. The smallest absolute Gasteiger partial charge is 0.468 e. The predicted molar refractivity (Wildman–Crippen MR) is 104 cm³/mol. The van der Waals surface area contributed by atoms with Crippen LogP contribution in [-0.4, -0.2) is 57.4 Å². The number of alkyl halides is 9. The maximum Gasteiger partial charge on any atom is 0.495 e. The van der Waals surface area contributed by atoms with Crippen LogP contribution in [0.25, 0.3) is 0 Å². The number of carbonyl (C=O) groups is 2. The van der Waals surface area contributed by atoms with E-state index in [2.05, 4.69) is 23.7 Å². The van der Waals surface area contributed by atoms with Gasteiger partial charge in [0.2, 0.25) is 0 Å². The van der Waals surface area contributed by atoms with Crippen LogP contribution >= 0.6 is 0 Å². The highest BCUT2D eigenvalue weighted by atomic mass is 19.3. The molecule has 0 aromatic rings. The van der Waals surface area contributed by atoms with Gasteiger partial charge in [0.25, 0.3) is 6.47 Å². The molecule has 0 aliphatic carbocycles. The Morgan fingerprint density at radius 1 is 0.824 bits per heavy atom. The van der Waals surface area contributed by atoms with Gasteiger partial charge in [-0.2, -0.15) is 26.3 Å². The van der Waals surface area contributed by atoms with Gasteiger partial charge in [-0.05, 0) is 6.92 Å². The zero-order valence-electron chi connectivity index (χ0n) is 13.5. The van der Waals surface area contributed by atoms with Crippen LogP contribution < -0.4 is 0 Å². The molecule has 0 radical (unpaired) electrons. The SMILES string of the molecule is C.C.C.C.C.C.CCOC(=O)F.O=COCCC(F)(F)OC(F)(F)C(F)(F)OC(F)(F)OCF. The predicted octanol–water partition coefficient (Wildman–Crippen LogP) is 7.78. The fourth-order valence-electron chi connectivity index (χ4n) is 0.939. The molecule has 34 heavy (non-hydrogen) atoms. The summed E-state index contributed by atoms with van der Waals surface area (Å²) < 4.78 is 138. The van der Waals surface area contributed by atoms with Crippen molar-refractivity contribution in [3.05, 3.63) is 0 Å². The van der Waals surface area contributed by atoms with E-state index in [0.717, 1.165) is 0 Å². The first-order chi connectivity index (χ1) is 12.6. The lowest BCUT2D eigenvalue weighted by atomic mass is 10.4. The Hall–Kier alpha value is -1.88. The van der Waals surface area contributed by atoms with Crippen LogP contribution in [0.1, 0.15) is 57.9 Å². The second-order valence-electron chi connectivity index (χ2n) is 3.98. The van der Waals surface area contributed by atoms with Crippen LogP contribution in [0.5, 0.6) is 0 Å². The maximum atomic E-state index is 12.8. The second-order valence-corrected chi connectivity index (χ2v) is 3.98. The van der Waals surface area contributed by atoms with E-state index in [-0.39, 0.29) is 57.6 Å². The number of hydrogen-bond acceptors (Lipinski definition) is 7. The van der Waals surface area contributed by atoms with E-state index >= 15 is 0 Å². The first-order valence-electron chi connectivity index (χ1n) is 6.55. The fraction of sp³-hybridized carbons (Fsp3) is 0.882. The van der Waals surface area contributed by atoms with Gasteiger partial charge in [-0.25, -0.2) is 18.7 Å². The van der Waals surface area contributed by atoms with Crippen LogP contribution in [0, 0.1) is 0 Å². The summed E-state index contributed by atoms with van der Waals surface area (Å²) in [5.41, 5.74) is 0. The molecule has 0 rings (SSSR count). The summed E-state index contributed by atoms with van der Waals surface area (Å²) in [6.45, 7) is -2.29. The average molecular weight is 542 g/mol. The van der Waals surface area contributed by atoms with Crippen molar-refractivity contribution in [2.75, 3.05) is 20.1 Å². The average Bonchev–Trinajstić information content (AvgIpc) is 2.45. The first kappa shape index (κ1) is 53.5. The van der Waals surface area contributed by atoms with Crippen molar-refractivity contribution in [3.63, 3.8) is 0 Å². The molecule has 17 heteroatoms. The van der Waals surface area contributed by atoms with Crippen molar-refractivity contribution in [2.45, 2.75) is 82.5 Å². The Kier molecular flexibility index (Phi) is 36.0. The second kappa shape index (κ2) is 22.9. The molecule has 0 bridgehead atoms. The first-order valence-corrected chi connectivity index (χ1v) is 6.55. The lowest BCUT2D eigenvalue weighted by molar-refractivity contribution is -0.547. The van der Waals surface area contributed by atoms with Crippen molar-refractivity contribution in [1.29, 1.82) is 0 Å². The lowest BCUT2D eigenvalue weighted by Gasteiger charge is -2.30. The van der Waals surface area contributed by atoms with Gasteiger partial charge in [0, 0.05) is 0 Å². The summed E-state index contributed by atoms with van der Waals surface area (Å²) in [4.78, 5) is 18.8. The van der Waals surface area contributed by atoms with Gasteiger partial charge >= 0.3 is 30.8 Å². The number of carbonyl (C=O) groups excluding carboxylic acids is 2. The van der Waals surface area contributed by atoms with E-state index in [4.69, 9.17) is 4.79 Å². The Morgan fingerprint density at radius 2 is 1.24 bits per heavy atom. The number of rotatable bonds is 12. The molecule has 0 N–H and O–H groups in total. The zero-order chi connectivity index (χ0) is 22.6. The summed E-state index contributed by atoms with van der Waals surface area (Å²) in [5, 5.41) is 0. The van der Waals surface area contributed by atoms with E-state index in [1.54, 1.807) is 0 Å². The van der Waals surface area contributed by atoms with E-state index in [1.807, 2.05) is 0 Å². The molecule has 0 aliphatic heterocycles. The molecule has 0 amide bonds. The van der Waals surface area contributed by atoms with Gasteiger partial charge in [-0.15, -0.1) is 13.2 Å². The van der Waals surface area contributed by atoms with Crippen LogP contribution in [0.15, 0.2) is 0 Å². The van der Waals surface area contributed by atoms with E-state index < -0.39 is 50.7 Å². The van der Waals surface area contributed by atoms with Crippen molar-refractivity contribution in [3.8, 4) is 0 Å². The molecular weight excluding hydrogens is 506 g/mol. The number of ether oxygens (including phenoxy) is 5. The number of hydrogen-bond donors (Lipinski definition) is 0. The highest BCUT2D eigenvalue weighted by Gasteiger charge is 2.67. The van der Waals surface area contributed by atoms with E-state index in [9.17, 15) is 48.7 Å². The molecule has 0 spiro atoms. The normalized spacial score (nSPS) is 10.4. The van der Waals surface area contributed by atoms with Crippen molar-refractivity contribution in [2.24, 2.45) is 0 Å².